The number of hydrogen-bond donors (Lipinski definition) is 2. The van der Waals surface area contributed by atoms with E-state index < -0.39 is 17.1 Å². The topological polar surface area (TPSA) is 169 Å². The van der Waals surface area contributed by atoms with Crippen molar-refractivity contribution in [2.45, 2.75) is 17.2 Å². The Bertz CT molecular complexity index is 1290. The molecule has 0 aliphatic heterocycles. The summed E-state index contributed by atoms with van der Waals surface area (Å²) in [4.78, 5) is 16.8. The van der Waals surface area contributed by atoms with E-state index in [4.69, 9.17) is 28.9 Å². The number of nitrogens with zero attached hydrogens (tertiary/aromatic N) is 5. The van der Waals surface area contributed by atoms with Crippen molar-refractivity contribution in [3.05, 3.63) is 39.4 Å². The molecule has 0 spiro atoms. The molecule has 13 heteroatoms. The Labute approximate surface area is 196 Å². The third kappa shape index (κ3) is 4.41. The van der Waals surface area contributed by atoms with Gasteiger partial charge in [-0.3, -0.25) is 4.79 Å². The van der Waals surface area contributed by atoms with Gasteiger partial charge in [0.25, 0.3) is 5.69 Å². The Balaban J connectivity index is 2.01. The van der Waals surface area contributed by atoms with Crippen LogP contribution in [-0.2, 0) is 11.8 Å². The summed E-state index contributed by atoms with van der Waals surface area (Å²) < 4.78 is 5.71. The minimum atomic E-state index is -0.856. The van der Waals surface area contributed by atoms with Crippen LogP contribution in [0, 0.1) is 22.7 Å². The summed E-state index contributed by atoms with van der Waals surface area (Å²) in [6, 6.07) is 8.40. The minimum absolute atomic E-state index is 0.0597. The smallest absolute Gasteiger partial charge is 0.266 e. The summed E-state index contributed by atoms with van der Waals surface area (Å²) in [5.41, 5.74) is 5.79. The van der Waals surface area contributed by atoms with Gasteiger partial charge in [-0.05, 0) is 25.1 Å². The number of carbonyl (C=O) groups is 1. The first-order valence-electron chi connectivity index (χ1n) is 8.77. The van der Waals surface area contributed by atoms with Gasteiger partial charge in [0.2, 0.25) is 5.91 Å². The highest BCUT2D eigenvalue weighted by Gasteiger charge is 2.30. The van der Waals surface area contributed by atoms with E-state index in [-0.39, 0.29) is 38.3 Å². The molecule has 0 aliphatic carbocycles. The Hall–Kier alpha value is -3.51. The van der Waals surface area contributed by atoms with E-state index >= 15 is 0 Å². The summed E-state index contributed by atoms with van der Waals surface area (Å²) in [5, 5.41) is 37.6. The highest BCUT2D eigenvalue weighted by atomic mass is 35.5. The average molecular weight is 490 g/mol. The molecule has 1 unspecified atom stereocenters. The quantitative estimate of drug-likeness (QED) is 0.403. The second kappa shape index (κ2) is 9.32. The summed E-state index contributed by atoms with van der Waals surface area (Å²) in [6.07, 6.45) is 0. The van der Waals surface area contributed by atoms with Gasteiger partial charge < -0.3 is 20.7 Å². The van der Waals surface area contributed by atoms with Crippen molar-refractivity contribution in [3.8, 4) is 29.3 Å². The summed E-state index contributed by atoms with van der Waals surface area (Å²) in [5.74, 6) is -1.50. The molecule has 1 amide bonds. The fourth-order valence-electron chi connectivity index (χ4n) is 2.74. The van der Waals surface area contributed by atoms with Gasteiger partial charge in [-0.2, -0.15) is 10.5 Å². The number of nitrogens with two attached hydrogens (primary N) is 1. The number of anilines is 2. The molecule has 2 aromatic heterocycles. The van der Waals surface area contributed by atoms with Crippen molar-refractivity contribution in [2.75, 3.05) is 11.1 Å². The van der Waals surface area contributed by atoms with E-state index in [0.29, 0.717) is 10.7 Å². The van der Waals surface area contributed by atoms with Crippen LogP contribution in [0.3, 0.4) is 0 Å². The molecular weight excluding hydrogens is 477 g/mol. The zero-order valence-electron chi connectivity index (χ0n) is 16.5. The number of benzene rings is 1. The van der Waals surface area contributed by atoms with Gasteiger partial charge in [0.1, 0.15) is 28.5 Å². The molecule has 2 heterocycles. The maximum absolute atomic E-state index is 12.7. The number of nitriles is 2. The molecule has 0 saturated heterocycles. The van der Waals surface area contributed by atoms with Gasteiger partial charge in [0, 0.05) is 5.02 Å². The SMILES string of the molecule is CC(Sc1nc(N)c(C#N)c(-c2c([O-])on[n+]2C)c1C#N)C(=O)Nc1ccc(Cl)cc1Cl. The molecule has 0 saturated carbocycles. The number of thioether (sulfide) groups is 1. The van der Waals surface area contributed by atoms with Crippen LogP contribution >= 0.6 is 35.0 Å². The predicted octanol–water partition coefficient (Wildman–Crippen LogP) is 2.39. The van der Waals surface area contributed by atoms with Gasteiger partial charge >= 0.3 is 0 Å². The van der Waals surface area contributed by atoms with Crippen LogP contribution in [0.1, 0.15) is 18.1 Å². The third-order valence-corrected chi connectivity index (χ3v) is 5.90. The fourth-order valence-corrected chi connectivity index (χ4v) is 4.12. The van der Waals surface area contributed by atoms with E-state index in [2.05, 4.69) is 20.1 Å². The Morgan fingerprint density at radius 1 is 1.34 bits per heavy atom. The number of pyridine rings is 1. The molecule has 0 radical (unpaired) electrons. The van der Waals surface area contributed by atoms with Crippen LogP contribution in [0.4, 0.5) is 11.5 Å². The predicted molar refractivity (Wildman–Crippen MR) is 115 cm³/mol. The monoisotopic (exact) mass is 489 g/mol. The van der Waals surface area contributed by atoms with Crippen molar-refractivity contribution in [3.63, 3.8) is 0 Å². The van der Waals surface area contributed by atoms with E-state index in [0.717, 1.165) is 16.4 Å². The number of nitrogen functional groups attached to an aromatic ring is 1. The minimum Gasteiger partial charge on any atom is -0.539 e. The molecule has 10 nitrogen and oxygen atoms in total. The van der Waals surface area contributed by atoms with Crippen molar-refractivity contribution in [1.82, 2.24) is 10.3 Å². The largest absolute Gasteiger partial charge is 0.539 e. The Morgan fingerprint density at radius 2 is 2.03 bits per heavy atom. The highest BCUT2D eigenvalue weighted by Crippen LogP contribution is 2.38. The maximum Gasteiger partial charge on any atom is 0.266 e. The molecule has 3 N–H and O–H groups in total. The lowest BCUT2D eigenvalue weighted by Gasteiger charge is -2.15. The maximum atomic E-state index is 12.7. The number of aryl methyl sites for hydroxylation is 1. The molecule has 0 fully saturated rings. The van der Waals surface area contributed by atoms with Gasteiger partial charge in [0.05, 0.1) is 32.4 Å². The molecule has 162 valence electrons. The number of rotatable bonds is 5. The first-order chi connectivity index (χ1) is 15.2. The lowest BCUT2D eigenvalue weighted by Crippen LogP contribution is -2.32. The van der Waals surface area contributed by atoms with Crippen molar-refractivity contribution in [2.24, 2.45) is 7.05 Å². The number of nitrogens with one attached hydrogen (secondary N) is 1. The Morgan fingerprint density at radius 3 is 2.59 bits per heavy atom. The second-order valence-electron chi connectivity index (χ2n) is 6.36. The van der Waals surface area contributed by atoms with Gasteiger partial charge in [-0.1, -0.05) is 39.6 Å². The summed E-state index contributed by atoms with van der Waals surface area (Å²) >= 11 is 12.9. The number of aromatic nitrogens is 3. The Kier molecular flexibility index (Phi) is 6.75. The lowest BCUT2D eigenvalue weighted by molar-refractivity contribution is -0.730. The van der Waals surface area contributed by atoms with Crippen LogP contribution in [0.5, 0.6) is 5.95 Å². The molecule has 0 aliphatic rings. The first-order valence-corrected chi connectivity index (χ1v) is 10.4. The lowest BCUT2D eigenvalue weighted by atomic mass is 10.0. The van der Waals surface area contributed by atoms with Crippen LogP contribution in [0.2, 0.25) is 10.0 Å². The second-order valence-corrected chi connectivity index (χ2v) is 8.53. The summed E-state index contributed by atoms with van der Waals surface area (Å²) in [7, 11) is 1.41. The summed E-state index contributed by atoms with van der Waals surface area (Å²) in [6.45, 7) is 1.58. The van der Waals surface area contributed by atoms with Crippen molar-refractivity contribution < 1.29 is 19.1 Å². The van der Waals surface area contributed by atoms with Gasteiger partial charge in [0.15, 0.2) is 13.0 Å². The standard InChI is InChI=1S/C19H13Cl2N7O3S/c1-8(17(29)25-13-4-3-9(20)5-12(13)21)32-18-11(7-23)14(10(6-22)16(24)26-18)15-19(30)31-27-28(15)2/h3-5,8H,1-2H3,(H3-,24,25,26,27,29,30). The zero-order chi connectivity index (χ0) is 23.6. The third-order valence-electron chi connectivity index (χ3n) is 4.26. The fraction of sp³-hybridized carbons (Fsp3) is 0.158. The van der Waals surface area contributed by atoms with E-state index in [9.17, 15) is 20.4 Å². The molecular formula is C19H13Cl2N7O3S. The highest BCUT2D eigenvalue weighted by molar-refractivity contribution is 8.00. The van der Waals surface area contributed by atoms with Crippen molar-refractivity contribution in [1.29, 1.82) is 10.5 Å². The molecule has 3 rings (SSSR count). The first kappa shape index (κ1) is 23.2. The van der Waals surface area contributed by atoms with Crippen molar-refractivity contribution >= 4 is 52.4 Å². The number of carbonyl (C=O) groups excluding carboxylic acids is 1. The molecule has 1 aromatic carbocycles. The van der Waals surface area contributed by atoms with E-state index in [1.165, 1.54) is 13.1 Å². The average Bonchev–Trinajstić information content (AvgIpc) is 3.07. The van der Waals surface area contributed by atoms with Crippen LogP contribution in [0.25, 0.3) is 11.3 Å². The van der Waals surface area contributed by atoms with E-state index in [1.807, 2.05) is 12.1 Å². The zero-order valence-corrected chi connectivity index (χ0v) is 18.8. The number of amides is 1. The van der Waals surface area contributed by atoms with Crippen LogP contribution in [-0.4, -0.2) is 21.4 Å². The van der Waals surface area contributed by atoms with Crippen LogP contribution in [0.15, 0.2) is 27.7 Å². The number of hydrogen-bond acceptors (Lipinski definition) is 9. The van der Waals surface area contributed by atoms with Gasteiger partial charge in [-0.25, -0.2) is 4.98 Å². The number of halogens is 2. The normalized spacial score (nSPS) is 11.4. The van der Waals surface area contributed by atoms with Gasteiger partial charge in [-0.15, -0.1) is 0 Å². The van der Waals surface area contributed by atoms with E-state index in [1.54, 1.807) is 19.1 Å². The molecule has 1 atom stereocenters. The molecule has 32 heavy (non-hydrogen) atoms. The molecule has 3 aromatic rings. The molecule has 0 bridgehead atoms. The van der Waals surface area contributed by atoms with Crippen LogP contribution < -0.4 is 20.8 Å².